The summed E-state index contributed by atoms with van der Waals surface area (Å²) in [6, 6.07) is 10.7. The van der Waals surface area contributed by atoms with E-state index in [1.807, 2.05) is 6.92 Å². The van der Waals surface area contributed by atoms with Gasteiger partial charge in [-0.15, -0.1) is 0 Å². The van der Waals surface area contributed by atoms with Gasteiger partial charge in [0.15, 0.2) is 11.8 Å². The maximum Gasteiger partial charge on any atom is 0.330 e. The number of hydrogen-bond donors (Lipinski definition) is 2. The molecular weight excluding hydrogens is 258 g/mol. The van der Waals surface area contributed by atoms with Crippen molar-refractivity contribution in [1.29, 1.82) is 0 Å². The van der Waals surface area contributed by atoms with Crippen molar-refractivity contribution in [2.45, 2.75) is 19.4 Å². The highest BCUT2D eigenvalue weighted by Gasteiger charge is 2.23. The molecule has 0 spiro atoms. The summed E-state index contributed by atoms with van der Waals surface area (Å²) in [6.07, 6.45) is 0.675. The highest BCUT2D eigenvalue weighted by atomic mass is 16.4. The summed E-state index contributed by atoms with van der Waals surface area (Å²) in [7, 11) is 0. The third kappa shape index (κ3) is 3.06. The van der Waals surface area contributed by atoms with E-state index in [9.17, 15) is 14.7 Å². The van der Waals surface area contributed by atoms with Crippen LogP contribution in [0.5, 0.6) is 0 Å². The van der Waals surface area contributed by atoms with Crippen molar-refractivity contribution in [1.82, 2.24) is 5.32 Å². The number of nitrogens with one attached hydrogen (secondary N) is 1. The zero-order valence-corrected chi connectivity index (χ0v) is 11.0. The Morgan fingerprint density at radius 1 is 1.20 bits per heavy atom. The Kier molecular flexibility index (Phi) is 4.20. The molecule has 104 valence electrons. The van der Waals surface area contributed by atoms with E-state index in [0.717, 1.165) is 0 Å². The van der Waals surface area contributed by atoms with Gasteiger partial charge in [-0.1, -0.05) is 37.3 Å². The SMILES string of the molecule is CCc1ccc(C(=O)NC(C(=O)O)c2ccccc2)o1. The van der Waals surface area contributed by atoms with E-state index < -0.39 is 17.9 Å². The summed E-state index contributed by atoms with van der Waals surface area (Å²) in [5.74, 6) is -0.862. The predicted molar refractivity (Wildman–Crippen MR) is 72.4 cm³/mol. The number of hydrogen-bond acceptors (Lipinski definition) is 3. The number of carboxylic acid groups (broad SMARTS) is 1. The summed E-state index contributed by atoms with van der Waals surface area (Å²) in [5.41, 5.74) is 0.510. The first kappa shape index (κ1) is 13.9. The number of benzene rings is 1. The molecule has 0 aliphatic carbocycles. The quantitative estimate of drug-likeness (QED) is 0.876. The molecule has 0 radical (unpaired) electrons. The van der Waals surface area contributed by atoms with E-state index in [2.05, 4.69) is 5.32 Å². The van der Waals surface area contributed by atoms with Gasteiger partial charge in [0, 0.05) is 6.42 Å². The second kappa shape index (κ2) is 6.06. The average Bonchev–Trinajstić information content (AvgIpc) is 2.94. The molecule has 2 N–H and O–H groups in total. The number of furan rings is 1. The fraction of sp³-hybridized carbons (Fsp3) is 0.200. The zero-order valence-electron chi connectivity index (χ0n) is 11.0. The lowest BCUT2D eigenvalue weighted by molar-refractivity contribution is -0.139. The normalized spacial score (nSPS) is 11.8. The molecule has 2 rings (SSSR count). The first-order valence-electron chi connectivity index (χ1n) is 6.29. The summed E-state index contributed by atoms with van der Waals surface area (Å²) >= 11 is 0. The first-order valence-corrected chi connectivity index (χ1v) is 6.29. The average molecular weight is 273 g/mol. The van der Waals surface area contributed by atoms with Gasteiger partial charge in [0.1, 0.15) is 5.76 Å². The molecule has 1 aromatic heterocycles. The molecule has 5 nitrogen and oxygen atoms in total. The van der Waals surface area contributed by atoms with Crippen molar-refractivity contribution < 1.29 is 19.1 Å². The predicted octanol–water partition coefficient (Wildman–Crippen LogP) is 2.40. The Balaban J connectivity index is 2.16. The minimum atomic E-state index is -1.12. The van der Waals surface area contributed by atoms with Crippen LogP contribution >= 0.6 is 0 Å². The van der Waals surface area contributed by atoms with Crippen LogP contribution in [-0.4, -0.2) is 17.0 Å². The summed E-state index contributed by atoms with van der Waals surface area (Å²) in [4.78, 5) is 23.3. The molecule has 1 aromatic carbocycles. The van der Waals surface area contributed by atoms with Gasteiger partial charge in [0.05, 0.1) is 0 Å². The van der Waals surface area contributed by atoms with Crippen LogP contribution in [0.2, 0.25) is 0 Å². The van der Waals surface area contributed by atoms with Gasteiger partial charge in [-0.2, -0.15) is 0 Å². The molecule has 1 heterocycles. The number of rotatable bonds is 5. The van der Waals surface area contributed by atoms with Crippen molar-refractivity contribution in [3.8, 4) is 0 Å². The standard InChI is InChI=1S/C15H15NO4/c1-2-11-8-9-12(20-11)14(17)16-13(15(18)19)10-6-4-3-5-7-10/h3-9,13H,2H2,1H3,(H,16,17)(H,18,19). The Bertz CT molecular complexity index is 603. The first-order chi connectivity index (χ1) is 9.61. The smallest absolute Gasteiger partial charge is 0.330 e. The van der Waals surface area contributed by atoms with Gasteiger partial charge in [-0.25, -0.2) is 4.79 Å². The topological polar surface area (TPSA) is 79.5 Å². The molecule has 2 aromatic rings. The maximum atomic E-state index is 12.0. The molecule has 0 bridgehead atoms. The van der Waals surface area contributed by atoms with Crippen LogP contribution in [0.1, 0.15) is 34.8 Å². The van der Waals surface area contributed by atoms with Gasteiger partial charge in [-0.3, -0.25) is 4.79 Å². The molecule has 0 saturated heterocycles. The van der Waals surface area contributed by atoms with E-state index >= 15 is 0 Å². The van der Waals surface area contributed by atoms with E-state index in [1.165, 1.54) is 6.07 Å². The maximum absolute atomic E-state index is 12.0. The monoisotopic (exact) mass is 273 g/mol. The number of aryl methyl sites for hydroxylation is 1. The highest BCUT2D eigenvalue weighted by Crippen LogP contribution is 2.15. The summed E-state index contributed by atoms with van der Waals surface area (Å²) in [5, 5.41) is 11.7. The minimum absolute atomic E-state index is 0.115. The molecule has 0 fully saturated rings. The summed E-state index contributed by atoms with van der Waals surface area (Å²) in [6.45, 7) is 1.91. The van der Waals surface area contributed by atoms with Crippen molar-refractivity contribution in [2.75, 3.05) is 0 Å². The molecule has 0 saturated carbocycles. The largest absolute Gasteiger partial charge is 0.479 e. The van der Waals surface area contributed by atoms with Crippen molar-refractivity contribution in [2.24, 2.45) is 0 Å². The lowest BCUT2D eigenvalue weighted by Crippen LogP contribution is -2.33. The Hall–Kier alpha value is -2.56. The second-order valence-corrected chi connectivity index (χ2v) is 4.27. The molecule has 1 atom stereocenters. The molecule has 5 heteroatoms. The van der Waals surface area contributed by atoms with E-state index in [-0.39, 0.29) is 5.76 Å². The Morgan fingerprint density at radius 3 is 2.45 bits per heavy atom. The number of carboxylic acids is 1. The molecule has 1 amide bonds. The fourth-order valence-electron chi connectivity index (χ4n) is 1.83. The van der Waals surface area contributed by atoms with Crippen LogP contribution in [0.4, 0.5) is 0 Å². The van der Waals surface area contributed by atoms with E-state index in [0.29, 0.717) is 17.7 Å². The molecule has 20 heavy (non-hydrogen) atoms. The molecule has 0 aliphatic heterocycles. The van der Waals surface area contributed by atoms with Crippen molar-refractivity contribution in [3.05, 3.63) is 59.5 Å². The third-order valence-corrected chi connectivity index (χ3v) is 2.89. The number of carbonyl (C=O) groups is 2. The van der Waals surface area contributed by atoms with Crippen LogP contribution < -0.4 is 5.32 Å². The van der Waals surface area contributed by atoms with Crippen LogP contribution in [0, 0.1) is 0 Å². The number of aliphatic carboxylic acids is 1. The zero-order chi connectivity index (χ0) is 14.5. The molecule has 1 unspecified atom stereocenters. The van der Waals surface area contributed by atoms with Crippen molar-refractivity contribution >= 4 is 11.9 Å². The van der Waals surface area contributed by atoms with Gasteiger partial charge < -0.3 is 14.8 Å². The highest BCUT2D eigenvalue weighted by molar-refractivity contribution is 5.94. The van der Waals surface area contributed by atoms with Crippen molar-refractivity contribution in [3.63, 3.8) is 0 Å². The second-order valence-electron chi connectivity index (χ2n) is 4.27. The van der Waals surface area contributed by atoms with E-state index in [4.69, 9.17) is 4.42 Å². The van der Waals surface area contributed by atoms with E-state index in [1.54, 1.807) is 36.4 Å². The van der Waals surface area contributed by atoms with Gasteiger partial charge >= 0.3 is 5.97 Å². The van der Waals surface area contributed by atoms with Crippen LogP contribution in [-0.2, 0) is 11.2 Å². The molecule has 0 aliphatic rings. The van der Waals surface area contributed by atoms with Crippen LogP contribution in [0.3, 0.4) is 0 Å². The lowest BCUT2D eigenvalue weighted by Gasteiger charge is -2.13. The minimum Gasteiger partial charge on any atom is -0.479 e. The van der Waals surface area contributed by atoms with Gasteiger partial charge in [-0.05, 0) is 17.7 Å². The van der Waals surface area contributed by atoms with Crippen LogP contribution in [0.25, 0.3) is 0 Å². The summed E-state index contributed by atoms with van der Waals surface area (Å²) < 4.78 is 5.31. The molecular formula is C15H15NO4. The number of amides is 1. The van der Waals surface area contributed by atoms with Gasteiger partial charge in [0.25, 0.3) is 5.91 Å². The number of carbonyl (C=O) groups excluding carboxylic acids is 1. The third-order valence-electron chi connectivity index (χ3n) is 2.89. The Morgan fingerprint density at radius 2 is 1.90 bits per heavy atom. The van der Waals surface area contributed by atoms with Gasteiger partial charge in [0.2, 0.25) is 0 Å². The Labute approximate surface area is 116 Å². The lowest BCUT2D eigenvalue weighted by atomic mass is 10.1. The fourth-order valence-corrected chi connectivity index (χ4v) is 1.83. The van der Waals surface area contributed by atoms with Crippen LogP contribution in [0.15, 0.2) is 46.9 Å².